The zero-order chi connectivity index (χ0) is 12.8. The quantitative estimate of drug-likeness (QED) is 0.757. The number of halogens is 1. The predicted molar refractivity (Wildman–Crippen MR) is 70.1 cm³/mol. The summed E-state index contributed by atoms with van der Waals surface area (Å²) in [6.45, 7) is 1.50. The van der Waals surface area contributed by atoms with Crippen LogP contribution in [0.5, 0.6) is 0 Å². The molecule has 0 radical (unpaired) electrons. The van der Waals surface area contributed by atoms with Crippen LogP contribution in [0.2, 0.25) is 5.02 Å². The lowest BCUT2D eigenvalue weighted by Crippen LogP contribution is -2.31. The van der Waals surface area contributed by atoms with Crippen molar-refractivity contribution in [2.45, 2.75) is 12.6 Å². The first-order valence-corrected chi connectivity index (χ1v) is 5.80. The van der Waals surface area contributed by atoms with Gasteiger partial charge in [0.25, 0.3) is 0 Å². The smallest absolute Gasteiger partial charge is 0.0900 e. The summed E-state index contributed by atoms with van der Waals surface area (Å²) in [5.41, 5.74) is 7.35. The van der Waals surface area contributed by atoms with Gasteiger partial charge < -0.3 is 15.6 Å². The molecule has 0 aliphatic rings. The number of anilines is 1. The fourth-order valence-corrected chi connectivity index (χ4v) is 1.85. The summed E-state index contributed by atoms with van der Waals surface area (Å²) >= 11 is 6.07. The average Bonchev–Trinajstić information content (AvgIpc) is 2.23. The number of hydrogen-bond acceptors (Lipinski definition) is 4. The Labute approximate surface area is 107 Å². The zero-order valence-corrected chi connectivity index (χ0v) is 10.9. The fourth-order valence-electron chi connectivity index (χ4n) is 1.68. The number of ether oxygens (including phenoxy) is 1. The molecule has 1 aromatic rings. The van der Waals surface area contributed by atoms with Crippen molar-refractivity contribution in [1.29, 1.82) is 0 Å². The van der Waals surface area contributed by atoms with Crippen LogP contribution >= 0.6 is 11.6 Å². The minimum Gasteiger partial charge on any atom is -0.399 e. The van der Waals surface area contributed by atoms with E-state index in [0.29, 0.717) is 30.4 Å². The summed E-state index contributed by atoms with van der Waals surface area (Å²) < 4.78 is 4.87. The number of aliphatic hydroxyl groups is 1. The van der Waals surface area contributed by atoms with E-state index in [-0.39, 0.29) is 0 Å². The van der Waals surface area contributed by atoms with Crippen LogP contribution in [0.1, 0.15) is 5.56 Å². The number of nitrogens with zero attached hydrogens (tertiary/aromatic N) is 1. The molecular formula is C12H19ClN2O2. The minimum absolute atomic E-state index is 0.328. The van der Waals surface area contributed by atoms with Crippen LogP contribution < -0.4 is 5.73 Å². The van der Waals surface area contributed by atoms with Gasteiger partial charge in [-0.1, -0.05) is 11.6 Å². The average molecular weight is 259 g/mol. The number of methoxy groups -OCH3 is 1. The van der Waals surface area contributed by atoms with Gasteiger partial charge in [-0.05, 0) is 30.8 Å². The summed E-state index contributed by atoms with van der Waals surface area (Å²) in [6.07, 6.45) is -0.496. The van der Waals surface area contributed by atoms with Crippen LogP contribution in [0, 0.1) is 0 Å². The number of benzene rings is 1. The van der Waals surface area contributed by atoms with Crippen molar-refractivity contribution < 1.29 is 9.84 Å². The van der Waals surface area contributed by atoms with Gasteiger partial charge in [0.15, 0.2) is 0 Å². The Morgan fingerprint density at radius 2 is 2.24 bits per heavy atom. The van der Waals surface area contributed by atoms with Crippen molar-refractivity contribution in [2.75, 3.05) is 33.0 Å². The van der Waals surface area contributed by atoms with Crippen molar-refractivity contribution in [3.63, 3.8) is 0 Å². The topological polar surface area (TPSA) is 58.7 Å². The van der Waals surface area contributed by atoms with E-state index in [9.17, 15) is 5.11 Å². The maximum absolute atomic E-state index is 9.60. The van der Waals surface area contributed by atoms with Crippen molar-refractivity contribution >= 4 is 17.3 Å². The first kappa shape index (κ1) is 14.3. The highest BCUT2D eigenvalue weighted by Gasteiger charge is 2.10. The lowest BCUT2D eigenvalue weighted by molar-refractivity contribution is 0.0419. The molecule has 96 valence electrons. The van der Waals surface area contributed by atoms with E-state index in [4.69, 9.17) is 22.1 Å². The third kappa shape index (κ3) is 4.91. The molecule has 0 heterocycles. The van der Waals surface area contributed by atoms with Crippen LogP contribution in [0.15, 0.2) is 18.2 Å². The van der Waals surface area contributed by atoms with Gasteiger partial charge in [0.1, 0.15) is 0 Å². The summed E-state index contributed by atoms with van der Waals surface area (Å²) in [5.74, 6) is 0. The molecule has 0 aliphatic carbocycles. The van der Waals surface area contributed by atoms with Crippen LogP contribution in [-0.4, -0.2) is 43.4 Å². The maximum Gasteiger partial charge on any atom is 0.0900 e. The Morgan fingerprint density at radius 3 is 2.88 bits per heavy atom. The van der Waals surface area contributed by atoms with Gasteiger partial charge in [-0.2, -0.15) is 0 Å². The molecule has 0 spiro atoms. The van der Waals surface area contributed by atoms with Crippen LogP contribution in [0.25, 0.3) is 0 Å². The van der Waals surface area contributed by atoms with E-state index in [2.05, 4.69) is 0 Å². The Hall–Kier alpha value is -0.810. The van der Waals surface area contributed by atoms with Gasteiger partial charge in [-0.3, -0.25) is 4.90 Å². The molecule has 0 aromatic heterocycles. The highest BCUT2D eigenvalue weighted by molar-refractivity contribution is 6.31. The standard InChI is InChI=1S/C12H19ClN2O2/c1-15(7-11(16)8-17-2)6-9-5-10(14)3-4-12(9)13/h3-5,11,16H,6-8,14H2,1-2H3. The van der Waals surface area contributed by atoms with E-state index in [0.717, 1.165) is 5.56 Å². The molecular weight excluding hydrogens is 240 g/mol. The molecule has 1 rings (SSSR count). The van der Waals surface area contributed by atoms with Crippen molar-refractivity contribution in [3.8, 4) is 0 Å². The minimum atomic E-state index is -0.496. The second-order valence-corrected chi connectivity index (χ2v) is 4.56. The predicted octanol–water partition coefficient (Wildman–Crippen LogP) is 1.36. The largest absolute Gasteiger partial charge is 0.399 e. The molecule has 17 heavy (non-hydrogen) atoms. The Balaban J connectivity index is 2.55. The van der Waals surface area contributed by atoms with E-state index in [1.54, 1.807) is 19.2 Å². The molecule has 0 saturated carbocycles. The SMILES string of the molecule is COCC(O)CN(C)Cc1cc(N)ccc1Cl. The third-order valence-corrected chi connectivity index (χ3v) is 2.76. The first-order valence-electron chi connectivity index (χ1n) is 5.42. The number of nitrogen functional groups attached to an aromatic ring is 1. The van der Waals surface area contributed by atoms with Gasteiger partial charge in [0, 0.05) is 30.9 Å². The summed E-state index contributed by atoms with van der Waals surface area (Å²) in [7, 11) is 3.48. The number of hydrogen-bond donors (Lipinski definition) is 2. The van der Waals surface area contributed by atoms with Gasteiger partial charge in [0.2, 0.25) is 0 Å². The number of rotatable bonds is 6. The Bertz CT molecular complexity index is 360. The van der Waals surface area contributed by atoms with Crippen LogP contribution in [0.4, 0.5) is 5.69 Å². The summed E-state index contributed by atoms with van der Waals surface area (Å²) in [4.78, 5) is 1.98. The monoisotopic (exact) mass is 258 g/mol. The summed E-state index contributed by atoms with van der Waals surface area (Å²) in [5, 5.41) is 10.3. The molecule has 3 N–H and O–H groups in total. The van der Waals surface area contributed by atoms with Crippen molar-refractivity contribution in [3.05, 3.63) is 28.8 Å². The molecule has 1 aromatic carbocycles. The molecule has 0 saturated heterocycles. The number of nitrogens with two attached hydrogens (primary N) is 1. The molecule has 0 fully saturated rings. The zero-order valence-electron chi connectivity index (χ0n) is 10.2. The van der Waals surface area contributed by atoms with Gasteiger partial charge in [-0.15, -0.1) is 0 Å². The van der Waals surface area contributed by atoms with Crippen molar-refractivity contribution in [1.82, 2.24) is 4.90 Å². The first-order chi connectivity index (χ1) is 8.02. The van der Waals surface area contributed by atoms with E-state index in [1.807, 2.05) is 18.0 Å². The highest BCUT2D eigenvalue weighted by Crippen LogP contribution is 2.20. The van der Waals surface area contributed by atoms with E-state index in [1.165, 1.54) is 0 Å². The molecule has 0 amide bonds. The van der Waals surface area contributed by atoms with Gasteiger partial charge in [0.05, 0.1) is 12.7 Å². The normalized spacial score (nSPS) is 13.0. The lowest BCUT2D eigenvalue weighted by Gasteiger charge is -2.20. The number of likely N-dealkylation sites (N-methyl/N-ethyl adjacent to an activating group) is 1. The fraction of sp³-hybridized carbons (Fsp3) is 0.500. The maximum atomic E-state index is 9.60. The summed E-state index contributed by atoms with van der Waals surface area (Å²) in [6, 6.07) is 5.40. The van der Waals surface area contributed by atoms with Crippen LogP contribution in [0.3, 0.4) is 0 Å². The Morgan fingerprint density at radius 1 is 1.53 bits per heavy atom. The Kier molecular flexibility index (Phi) is 5.71. The third-order valence-electron chi connectivity index (χ3n) is 2.39. The highest BCUT2D eigenvalue weighted by atomic mass is 35.5. The van der Waals surface area contributed by atoms with Crippen LogP contribution in [-0.2, 0) is 11.3 Å². The second kappa shape index (κ2) is 6.81. The molecule has 0 bridgehead atoms. The molecule has 1 atom stereocenters. The van der Waals surface area contributed by atoms with Gasteiger partial charge in [-0.25, -0.2) is 0 Å². The number of aliphatic hydroxyl groups excluding tert-OH is 1. The van der Waals surface area contributed by atoms with Gasteiger partial charge >= 0.3 is 0 Å². The molecule has 4 nitrogen and oxygen atoms in total. The molecule has 5 heteroatoms. The lowest BCUT2D eigenvalue weighted by atomic mass is 10.2. The van der Waals surface area contributed by atoms with Crippen molar-refractivity contribution in [2.24, 2.45) is 0 Å². The molecule has 0 aliphatic heterocycles. The second-order valence-electron chi connectivity index (χ2n) is 4.16. The van der Waals surface area contributed by atoms with E-state index >= 15 is 0 Å². The van der Waals surface area contributed by atoms with E-state index < -0.39 is 6.10 Å². The molecule has 1 unspecified atom stereocenters.